The van der Waals surface area contributed by atoms with Crippen LogP contribution in [-0.4, -0.2) is 17.4 Å². The first-order valence-corrected chi connectivity index (χ1v) is 9.11. The number of hydrogen-bond acceptors (Lipinski definition) is 4. The predicted molar refractivity (Wildman–Crippen MR) is 98.6 cm³/mol. The van der Waals surface area contributed by atoms with Gasteiger partial charge in [-0.15, -0.1) is 0 Å². The third kappa shape index (κ3) is 4.82. The van der Waals surface area contributed by atoms with Crippen molar-refractivity contribution in [3.05, 3.63) is 59.4 Å². The highest BCUT2D eigenvalue weighted by Crippen LogP contribution is 2.23. The van der Waals surface area contributed by atoms with E-state index in [0.29, 0.717) is 28.5 Å². The fraction of sp³-hybridized carbons (Fsp3) is 0.381. The molecule has 1 fully saturated rings. The number of carbonyl (C=O) groups is 1. The Bertz CT molecular complexity index is 775. The van der Waals surface area contributed by atoms with Gasteiger partial charge in [-0.3, -0.25) is 9.78 Å². The highest BCUT2D eigenvalue weighted by atomic mass is 16.5. The summed E-state index contributed by atoms with van der Waals surface area (Å²) in [6.07, 6.45) is 7.84. The number of nitrogens with one attached hydrogen (secondary N) is 1. The number of benzene rings is 1. The lowest BCUT2D eigenvalue weighted by Crippen LogP contribution is -2.30. The summed E-state index contributed by atoms with van der Waals surface area (Å²) < 4.78 is 5.66. The molecule has 5 nitrogen and oxygen atoms in total. The Hall–Kier alpha value is -2.87. The van der Waals surface area contributed by atoms with E-state index in [1.54, 1.807) is 36.5 Å². The second kappa shape index (κ2) is 9.00. The molecule has 0 aliphatic heterocycles. The van der Waals surface area contributed by atoms with E-state index in [4.69, 9.17) is 10.00 Å². The van der Waals surface area contributed by atoms with Crippen molar-refractivity contribution in [1.29, 1.82) is 5.26 Å². The maximum Gasteiger partial charge on any atom is 0.252 e. The molecule has 0 saturated heterocycles. The van der Waals surface area contributed by atoms with Gasteiger partial charge in [-0.1, -0.05) is 31.4 Å². The third-order valence-electron chi connectivity index (χ3n) is 4.75. The molecule has 1 N–H and O–H groups in total. The molecule has 3 rings (SSSR count). The minimum Gasteiger partial charge on any atom is -0.486 e. The normalized spacial score (nSPS) is 14.4. The summed E-state index contributed by atoms with van der Waals surface area (Å²) in [5.41, 5.74) is 1.76. The van der Waals surface area contributed by atoms with Crippen molar-refractivity contribution in [2.24, 2.45) is 5.92 Å². The maximum absolute atomic E-state index is 12.2. The van der Waals surface area contributed by atoms with Crippen LogP contribution in [0.5, 0.6) is 5.75 Å². The number of para-hydroxylation sites is 1. The summed E-state index contributed by atoms with van der Waals surface area (Å²) in [5.74, 6) is 1.06. The summed E-state index contributed by atoms with van der Waals surface area (Å²) in [6.45, 7) is 0.997. The van der Waals surface area contributed by atoms with E-state index in [9.17, 15) is 4.79 Å². The number of amides is 1. The summed E-state index contributed by atoms with van der Waals surface area (Å²) in [5, 5.41) is 12.1. The first-order valence-electron chi connectivity index (χ1n) is 9.11. The van der Waals surface area contributed by atoms with E-state index in [2.05, 4.69) is 16.4 Å². The number of nitriles is 1. The molecule has 0 spiro atoms. The van der Waals surface area contributed by atoms with Crippen molar-refractivity contribution in [2.45, 2.75) is 38.7 Å². The van der Waals surface area contributed by atoms with E-state index in [1.807, 2.05) is 6.07 Å². The van der Waals surface area contributed by atoms with Crippen molar-refractivity contribution >= 4 is 5.91 Å². The molecular weight excluding hydrogens is 326 g/mol. The molecule has 1 aliphatic carbocycles. The fourth-order valence-electron chi connectivity index (χ4n) is 3.21. The molecule has 5 heteroatoms. The maximum atomic E-state index is 12.2. The van der Waals surface area contributed by atoms with Crippen molar-refractivity contribution in [2.75, 3.05) is 6.54 Å². The van der Waals surface area contributed by atoms with Gasteiger partial charge in [0, 0.05) is 12.7 Å². The molecule has 134 valence electrons. The van der Waals surface area contributed by atoms with Gasteiger partial charge in [-0.25, -0.2) is 0 Å². The zero-order valence-corrected chi connectivity index (χ0v) is 14.8. The molecule has 1 aliphatic rings. The van der Waals surface area contributed by atoms with Crippen LogP contribution in [0.4, 0.5) is 0 Å². The van der Waals surface area contributed by atoms with Crippen molar-refractivity contribution in [3.8, 4) is 11.8 Å². The molecule has 1 saturated carbocycles. The lowest BCUT2D eigenvalue weighted by molar-refractivity contribution is 0.0943. The van der Waals surface area contributed by atoms with E-state index in [-0.39, 0.29) is 12.5 Å². The second-order valence-electron chi connectivity index (χ2n) is 6.65. The average Bonchev–Trinajstić information content (AvgIpc) is 2.72. The van der Waals surface area contributed by atoms with Crippen molar-refractivity contribution < 1.29 is 9.53 Å². The standard InChI is InChI=1S/C21H23N3O2/c22-12-17-8-4-5-9-20(17)26-15-19-11-10-18(14-23-19)21(25)24-13-16-6-2-1-3-7-16/h4-5,8-11,14,16H,1-3,6-7,13,15H2,(H,24,25). The molecule has 2 aromatic rings. The Kier molecular flexibility index (Phi) is 6.21. The van der Waals surface area contributed by atoms with Crippen LogP contribution in [0.15, 0.2) is 42.6 Å². The van der Waals surface area contributed by atoms with E-state index >= 15 is 0 Å². The third-order valence-corrected chi connectivity index (χ3v) is 4.75. The topological polar surface area (TPSA) is 75.0 Å². The number of carbonyl (C=O) groups excluding carboxylic acids is 1. The van der Waals surface area contributed by atoms with Gasteiger partial charge in [-0.05, 0) is 43.0 Å². The quantitative estimate of drug-likeness (QED) is 0.860. The zero-order valence-electron chi connectivity index (χ0n) is 14.8. The Morgan fingerprint density at radius 2 is 2.00 bits per heavy atom. The van der Waals surface area contributed by atoms with Gasteiger partial charge in [0.25, 0.3) is 5.91 Å². The van der Waals surface area contributed by atoms with E-state index in [1.165, 1.54) is 32.1 Å². The molecule has 26 heavy (non-hydrogen) atoms. The van der Waals surface area contributed by atoms with Gasteiger partial charge < -0.3 is 10.1 Å². The van der Waals surface area contributed by atoms with Crippen LogP contribution in [0.2, 0.25) is 0 Å². The lowest BCUT2D eigenvalue weighted by atomic mass is 9.89. The fourth-order valence-corrected chi connectivity index (χ4v) is 3.21. The number of nitrogens with zero attached hydrogens (tertiary/aromatic N) is 2. The summed E-state index contributed by atoms with van der Waals surface area (Å²) in [6, 6.07) is 12.7. The molecule has 0 atom stereocenters. The largest absolute Gasteiger partial charge is 0.486 e. The lowest BCUT2D eigenvalue weighted by Gasteiger charge is -2.21. The minimum absolute atomic E-state index is 0.0784. The predicted octanol–water partition coefficient (Wildman–Crippen LogP) is 3.84. The molecular formula is C21H23N3O2. The Morgan fingerprint density at radius 3 is 2.73 bits per heavy atom. The van der Waals surface area contributed by atoms with Crippen LogP contribution in [0, 0.1) is 17.2 Å². The SMILES string of the molecule is N#Cc1ccccc1OCc1ccc(C(=O)NCC2CCCCC2)cn1. The van der Waals surface area contributed by atoms with Gasteiger partial charge in [0.1, 0.15) is 18.4 Å². The van der Waals surface area contributed by atoms with Crippen molar-refractivity contribution in [1.82, 2.24) is 10.3 Å². The van der Waals surface area contributed by atoms with Crippen LogP contribution < -0.4 is 10.1 Å². The number of ether oxygens (including phenoxy) is 1. The van der Waals surface area contributed by atoms with Crippen LogP contribution in [0.1, 0.15) is 53.7 Å². The van der Waals surface area contributed by atoms with E-state index in [0.717, 1.165) is 6.54 Å². The molecule has 1 amide bonds. The highest BCUT2D eigenvalue weighted by Gasteiger charge is 2.15. The van der Waals surface area contributed by atoms with Crippen LogP contribution in [0.25, 0.3) is 0 Å². The Morgan fingerprint density at radius 1 is 1.19 bits per heavy atom. The van der Waals surface area contributed by atoms with Gasteiger partial charge in [0.15, 0.2) is 0 Å². The smallest absolute Gasteiger partial charge is 0.252 e. The Labute approximate surface area is 154 Å². The van der Waals surface area contributed by atoms with Gasteiger partial charge >= 0.3 is 0 Å². The van der Waals surface area contributed by atoms with Crippen LogP contribution >= 0.6 is 0 Å². The molecule has 1 aromatic carbocycles. The van der Waals surface area contributed by atoms with Gasteiger partial charge in [-0.2, -0.15) is 5.26 Å². The molecule has 1 aromatic heterocycles. The summed E-state index contributed by atoms with van der Waals surface area (Å²) in [4.78, 5) is 16.5. The molecule has 0 unspecified atom stereocenters. The van der Waals surface area contributed by atoms with Crippen molar-refractivity contribution in [3.63, 3.8) is 0 Å². The zero-order chi connectivity index (χ0) is 18.2. The summed E-state index contributed by atoms with van der Waals surface area (Å²) in [7, 11) is 0. The molecule has 0 bridgehead atoms. The number of rotatable bonds is 6. The van der Waals surface area contributed by atoms with Crippen LogP contribution in [-0.2, 0) is 6.61 Å². The monoisotopic (exact) mass is 349 g/mol. The number of pyridine rings is 1. The second-order valence-corrected chi connectivity index (χ2v) is 6.65. The molecule has 0 radical (unpaired) electrons. The molecule has 1 heterocycles. The highest BCUT2D eigenvalue weighted by molar-refractivity contribution is 5.93. The number of aromatic nitrogens is 1. The van der Waals surface area contributed by atoms with Gasteiger partial charge in [0.2, 0.25) is 0 Å². The number of hydrogen-bond donors (Lipinski definition) is 1. The first kappa shape index (κ1) is 17.9. The van der Waals surface area contributed by atoms with Gasteiger partial charge in [0.05, 0.1) is 16.8 Å². The Balaban J connectivity index is 1.51. The minimum atomic E-state index is -0.0784. The average molecular weight is 349 g/mol. The summed E-state index contributed by atoms with van der Waals surface area (Å²) >= 11 is 0. The first-order chi connectivity index (χ1) is 12.8. The van der Waals surface area contributed by atoms with E-state index < -0.39 is 0 Å². The van der Waals surface area contributed by atoms with Crippen LogP contribution in [0.3, 0.4) is 0 Å².